The number of carbonyl (C=O) groups is 2. The normalized spacial score (nSPS) is 15.6. The van der Waals surface area contributed by atoms with Crippen LogP contribution in [0, 0.1) is 0 Å². The molecule has 1 amide bonds. The van der Waals surface area contributed by atoms with Crippen molar-refractivity contribution < 1.29 is 19.4 Å². The lowest BCUT2D eigenvalue weighted by molar-refractivity contribution is -0.144. The summed E-state index contributed by atoms with van der Waals surface area (Å²) in [5.74, 6) is -0.780. The summed E-state index contributed by atoms with van der Waals surface area (Å²) >= 11 is 1.54. The molecular weight excluding hydrogens is 256 g/mol. The van der Waals surface area contributed by atoms with E-state index in [1.165, 1.54) is 14.0 Å². The molecule has 0 aromatic rings. The Labute approximate surface area is 112 Å². The Morgan fingerprint density at radius 1 is 1.44 bits per heavy atom. The van der Waals surface area contributed by atoms with Crippen LogP contribution in [0.15, 0.2) is 0 Å². The van der Waals surface area contributed by atoms with E-state index in [0.29, 0.717) is 0 Å². The molecule has 3 N–H and O–H groups in total. The van der Waals surface area contributed by atoms with Gasteiger partial charge in [0.2, 0.25) is 5.91 Å². The Morgan fingerprint density at radius 3 is 2.44 bits per heavy atom. The molecule has 0 aromatic heterocycles. The van der Waals surface area contributed by atoms with Crippen LogP contribution < -0.4 is 10.6 Å². The summed E-state index contributed by atoms with van der Waals surface area (Å²) in [5, 5.41) is 14.8. The van der Waals surface area contributed by atoms with Gasteiger partial charge in [0.15, 0.2) is 0 Å². The average Bonchev–Trinajstić information content (AvgIpc) is 2.34. The Kier molecular flexibility index (Phi) is 8.78. The molecule has 0 aliphatic heterocycles. The maximum atomic E-state index is 11.4. The van der Waals surface area contributed by atoms with Crippen molar-refractivity contribution in [3.8, 4) is 0 Å². The van der Waals surface area contributed by atoms with Gasteiger partial charge in [0, 0.05) is 24.8 Å². The third-order valence-corrected chi connectivity index (χ3v) is 3.71. The summed E-state index contributed by atoms with van der Waals surface area (Å²) in [5.41, 5.74) is 0. The first kappa shape index (κ1) is 17.2. The molecule has 0 aromatic carbocycles. The van der Waals surface area contributed by atoms with E-state index in [9.17, 15) is 9.59 Å². The van der Waals surface area contributed by atoms with E-state index in [1.807, 2.05) is 13.2 Å². The minimum atomic E-state index is -0.712. The fourth-order valence-electron chi connectivity index (χ4n) is 1.45. The van der Waals surface area contributed by atoms with Crippen LogP contribution in [0.5, 0.6) is 0 Å². The zero-order valence-electron chi connectivity index (χ0n) is 11.2. The number of amides is 1. The molecule has 3 atom stereocenters. The van der Waals surface area contributed by atoms with Crippen molar-refractivity contribution in [2.24, 2.45) is 0 Å². The maximum absolute atomic E-state index is 11.4. The second kappa shape index (κ2) is 9.18. The summed E-state index contributed by atoms with van der Waals surface area (Å²) in [6, 6.07) is -0.693. The number of aliphatic hydroxyl groups is 1. The fourth-order valence-corrected chi connectivity index (χ4v) is 2.11. The average molecular weight is 278 g/mol. The lowest BCUT2D eigenvalue weighted by Gasteiger charge is -2.24. The zero-order valence-corrected chi connectivity index (χ0v) is 12.0. The van der Waals surface area contributed by atoms with Gasteiger partial charge in [-0.2, -0.15) is 11.8 Å². The summed E-state index contributed by atoms with van der Waals surface area (Å²) < 4.78 is 4.61. The SMILES string of the molecule is COC(=O)C(CNC(C)C(CO)SC)NC(C)=O. The van der Waals surface area contributed by atoms with E-state index in [4.69, 9.17) is 5.11 Å². The molecule has 0 fully saturated rings. The van der Waals surface area contributed by atoms with Crippen LogP contribution in [0.25, 0.3) is 0 Å². The van der Waals surface area contributed by atoms with Gasteiger partial charge in [-0.25, -0.2) is 4.79 Å². The highest BCUT2D eigenvalue weighted by Gasteiger charge is 2.22. The number of aliphatic hydroxyl groups excluding tert-OH is 1. The fraction of sp³-hybridized carbons (Fsp3) is 0.818. The first-order valence-corrected chi connectivity index (χ1v) is 6.97. The van der Waals surface area contributed by atoms with Crippen LogP contribution in [-0.2, 0) is 14.3 Å². The molecule has 0 radical (unpaired) electrons. The van der Waals surface area contributed by atoms with Crippen LogP contribution in [-0.4, -0.2) is 60.8 Å². The predicted octanol–water partition coefficient (Wildman–Crippen LogP) is -0.634. The van der Waals surface area contributed by atoms with Crippen molar-refractivity contribution in [2.75, 3.05) is 26.5 Å². The molecule has 0 saturated heterocycles. The molecule has 0 saturated carbocycles. The van der Waals surface area contributed by atoms with E-state index < -0.39 is 12.0 Å². The van der Waals surface area contributed by atoms with Crippen molar-refractivity contribution in [1.29, 1.82) is 0 Å². The number of esters is 1. The Bertz CT molecular complexity index is 272. The smallest absolute Gasteiger partial charge is 0.329 e. The highest BCUT2D eigenvalue weighted by atomic mass is 32.2. The topological polar surface area (TPSA) is 87.7 Å². The van der Waals surface area contributed by atoms with Gasteiger partial charge in [0.05, 0.1) is 13.7 Å². The summed E-state index contributed by atoms with van der Waals surface area (Å²) in [6.45, 7) is 3.58. The van der Waals surface area contributed by atoms with Crippen LogP contribution in [0.4, 0.5) is 0 Å². The largest absolute Gasteiger partial charge is 0.467 e. The van der Waals surface area contributed by atoms with E-state index in [2.05, 4.69) is 15.4 Å². The summed E-state index contributed by atoms with van der Waals surface area (Å²) in [4.78, 5) is 22.4. The van der Waals surface area contributed by atoms with Crippen LogP contribution in [0.2, 0.25) is 0 Å². The number of rotatable bonds is 8. The third-order valence-electron chi connectivity index (χ3n) is 2.55. The molecule has 0 aliphatic carbocycles. The third kappa shape index (κ3) is 6.23. The Balaban J connectivity index is 4.33. The number of ether oxygens (including phenoxy) is 1. The van der Waals surface area contributed by atoms with Gasteiger partial charge in [-0.05, 0) is 13.2 Å². The number of hydrogen-bond donors (Lipinski definition) is 3. The number of carbonyl (C=O) groups excluding carboxylic acids is 2. The minimum absolute atomic E-state index is 0.0194. The first-order chi connectivity index (χ1) is 8.46. The number of hydrogen-bond acceptors (Lipinski definition) is 6. The maximum Gasteiger partial charge on any atom is 0.329 e. The lowest BCUT2D eigenvalue weighted by atomic mass is 10.2. The number of thioether (sulfide) groups is 1. The first-order valence-electron chi connectivity index (χ1n) is 5.68. The van der Waals surface area contributed by atoms with E-state index in [0.717, 1.165) is 0 Å². The monoisotopic (exact) mass is 278 g/mol. The second-order valence-electron chi connectivity index (χ2n) is 3.93. The Hall–Kier alpha value is -0.790. The van der Waals surface area contributed by atoms with E-state index in [-0.39, 0.29) is 30.4 Å². The molecule has 6 nitrogen and oxygen atoms in total. The minimum Gasteiger partial charge on any atom is -0.467 e. The van der Waals surface area contributed by atoms with Gasteiger partial charge in [0.1, 0.15) is 6.04 Å². The van der Waals surface area contributed by atoms with Crippen molar-refractivity contribution in [2.45, 2.75) is 31.2 Å². The van der Waals surface area contributed by atoms with Gasteiger partial charge in [0.25, 0.3) is 0 Å². The van der Waals surface area contributed by atoms with E-state index in [1.54, 1.807) is 11.8 Å². The molecule has 18 heavy (non-hydrogen) atoms. The molecule has 0 rings (SSSR count). The number of nitrogens with one attached hydrogen (secondary N) is 2. The molecule has 7 heteroatoms. The quantitative estimate of drug-likeness (QED) is 0.512. The van der Waals surface area contributed by atoms with Gasteiger partial charge >= 0.3 is 5.97 Å². The highest BCUT2D eigenvalue weighted by Crippen LogP contribution is 2.10. The molecule has 0 bridgehead atoms. The molecule has 3 unspecified atom stereocenters. The molecular formula is C11H22N2O4S. The van der Waals surface area contributed by atoms with Gasteiger partial charge in [-0.1, -0.05) is 0 Å². The highest BCUT2D eigenvalue weighted by molar-refractivity contribution is 7.99. The summed E-state index contributed by atoms with van der Waals surface area (Å²) in [6.07, 6.45) is 1.91. The van der Waals surface area contributed by atoms with Crippen LogP contribution in [0.1, 0.15) is 13.8 Å². The molecule has 0 heterocycles. The molecule has 0 aliphatic rings. The predicted molar refractivity (Wildman–Crippen MR) is 71.5 cm³/mol. The lowest BCUT2D eigenvalue weighted by Crippen LogP contribution is -2.50. The van der Waals surface area contributed by atoms with Crippen LogP contribution in [0.3, 0.4) is 0 Å². The van der Waals surface area contributed by atoms with Crippen molar-refractivity contribution in [3.05, 3.63) is 0 Å². The van der Waals surface area contributed by atoms with Gasteiger partial charge in [-0.15, -0.1) is 0 Å². The standard InChI is InChI=1S/C11H22N2O4S/c1-7(10(6-14)18-4)12-5-9(11(16)17-3)13-8(2)15/h7,9-10,12,14H,5-6H2,1-4H3,(H,13,15). The summed E-state index contributed by atoms with van der Waals surface area (Å²) in [7, 11) is 1.28. The van der Waals surface area contributed by atoms with Crippen LogP contribution >= 0.6 is 11.8 Å². The van der Waals surface area contributed by atoms with Crippen molar-refractivity contribution in [3.63, 3.8) is 0 Å². The number of methoxy groups -OCH3 is 1. The zero-order chi connectivity index (χ0) is 14.1. The Morgan fingerprint density at radius 2 is 2.06 bits per heavy atom. The van der Waals surface area contributed by atoms with Gasteiger partial charge < -0.3 is 20.5 Å². The molecule has 106 valence electrons. The second-order valence-corrected chi connectivity index (χ2v) is 5.01. The van der Waals surface area contributed by atoms with Crippen molar-refractivity contribution >= 4 is 23.6 Å². The van der Waals surface area contributed by atoms with Gasteiger partial charge in [-0.3, -0.25) is 4.79 Å². The molecule has 0 spiro atoms. The van der Waals surface area contributed by atoms with E-state index >= 15 is 0 Å². The van der Waals surface area contributed by atoms with Crippen molar-refractivity contribution in [1.82, 2.24) is 10.6 Å².